The molecule has 0 radical (unpaired) electrons. The molecule has 10 heteroatoms. The van der Waals surface area contributed by atoms with Crippen LogP contribution in [0.4, 0.5) is 18.9 Å². The molecule has 0 aliphatic rings. The molecule has 0 aliphatic carbocycles. The van der Waals surface area contributed by atoms with Crippen molar-refractivity contribution in [1.82, 2.24) is 15.0 Å². The molecule has 0 saturated carbocycles. The van der Waals surface area contributed by atoms with Crippen molar-refractivity contribution in [3.63, 3.8) is 0 Å². The summed E-state index contributed by atoms with van der Waals surface area (Å²) in [5.41, 5.74) is 0.848. The van der Waals surface area contributed by atoms with Gasteiger partial charge in [0.2, 0.25) is 0 Å². The first-order valence-corrected chi connectivity index (χ1v) is 8.77. The molecule has 0 fully saturated rings. The van der Waals surface area contributed by atoms with Crippen LogP contribution in [0.1, 0.15) is 27.3 Å². The summed E-state index contributed by atoms with van der Waals surface area (Å²) < 4.78 is 45.4. The summed E-state index contributed by atoms with van der Waals surface area (Å²) in [6.07, 6.45) is -4.57. The molecular weight excluding hydrogens is 409 g/mol. The average molecular weight is 425 g/mol. The van der Waals surface area contributed by atoms with Crippen molar-refractivity contribution in [1.29, 1.82) is 0 Å². The minimum Gasteiger partial charge on any atom is -0.378 e. The lowest BCUT2D eigenvalue weighted by atomic mass is 10.2. The van der Waals surface area contributed by atoms with Gasteiger partial charge < -0.3 is 10.1 Å². The molecule has 0 spiro atoms. The van der Waals surface area contributed by atoms with E-state index in [2.05, 4.69) is 15.6 Å². The minimum absolute atomic E-state index is 0.0138. The number of anilines is 1. The Labute approximate surface area is 169 Å². The number of nitrogens with zero attached hydrogens (tertiary/aromatic N) is 3. The van der Waals surface area contributed by atoms with Gasteiger partial charge in [0.25, 0.3) is 5.91 Å². The van der Waals surface area contributed by atoms with Gasteiger partial charge in [-0.2, -0.15) is 13.2 Å². The summed E-state index contributed by atoms with van der Waals surface area (Å²) in [7, 11) is 1.44. The van der Waals surface area contributed by atoms with Crippen molar-refractivity contribution in [2.24, 2.45) is 0 Å². The summed E-state index contributed by atoms with van der Waals surface area (Å²) in [6, 6.07) is 10.0. The number of amides is 1. The van der Waals surface area contributed by atoms with Gasteiger partial charge in [0.1, 0.15) is 5.69 Å². The number of aromatic nitrogens is 3. The maximum absolute atomic E-state index is 12.9. The van der Waals surface area contributed by atoms with Gasteiger partial charge in [-0.3, -0.25) is 4.79 Å². The molecule has 1 heterocycles. The zero-order chi connectivity index (χ0) is 21.2. The monoisotopic (exact) mass is 424 g/mol. The van der Waals surface area contributed by atoms with Gasteiger partial charge >= 0.3 is 6.18 Å². The molecular formula is C19H16ClF3N4O2. The fourth-order valence-electron chi connectivity index (χ4n) is 2.62. The lowest BCUT2D eigenvalue weighted by Crippen LogP contribution is -2.17. The maximum Gasteiger partial charge on any atom is 0.416 e. The number of hydrogen-bond donors (Lipinski definition) is 1. The molecule has 0 bridgehead atoms. The number of carbonyl (C=O) groups is 1. The zero-order valence-corrected chi connectivity index (χ0v) is 16.2. The van der Waals surface area contributed by atoms with Crippen molar-refractivity contribution in [3.8, 4) is 5.69 Å². The molecule has 152 valence electrons. The Morgan fingerprint density at radius 1 is 1.21 bits per heavy atom. The lowest BCUT2D eigenvalue weighted by molar-refractivity contribution is -0.137. The second kappa shape index (κ2) is 8.22. The van der Waals surface area contributed by atoms with E-state index in [0.29, 0.717) is 11.4 Å². The normalized spacial score (nSPS) is 11.5. The molecule has 1 aromatic heterocycles. The van der Waals surface area contributed by atoms with Crippen LogP contribution in [-0.4, -0.2) is 28.0 Å². The zero-order valence-electron chi connectivity index (χ0n) is 15.4. The Balaban J connectivity index is 1.95. The highest BCUT2D eigenvalue weighted by Crippen LogP contribution is 2.34. The molecule has 29 heavy (non-hydrogen) atoms. The highest BCUT2D eigenvalue weighted by atomic mass is 35.5. The summed E-state index contributed by atoms with van der Waals surface area (Å²) in [5.74, 6) is -0.753. The fraction of sp³-hybridized carbons (Fsp3) is 0.211. The van der Waals surface area contributed by atoms with Crippen molar-refractivity contribution in [2.45, 2.75) is 19.7 Å². The number of ether oxygens (including phenoxy) is 1. The van der Waals surface area contributed by atoms with Crippen molar-refractivity contribution < 1.29 is 22.7 Å². The van der Waals surface area contributed by atoms with Crippen LogP contribution in [0.25, 0.3) is 5.69 Å². The molecule has 0 unspecified atom stereocenters. The average Bonchev–Trinajstić information content (AvgIpc) is 3.07. The van der Waals surface area contributed by atoms with E-state index in [1.807, 2.05) is 19.1 Å². The third kappa shape index (κ3) is 4.57. The number of rotatable bonds is 5. The Hall–Kier alpha value is -2.91. The van der Waals surface area contributed by atoms with Gasteiger partial charge in [-0.1, -0.05) is 34.5 Å². The third-order valence-electron chi connectivity index (χ3n) is 4.08. The van der Waals surface area contributed by atoms with E-state index in [4.69, 9.17) is 16.3 Å². The first-order valence-electron chi connectivity index (χ1n) is 8.39. The van der Waals surface area contributed by atoms with Crippen LogP contribution in [0.3, 0.4) is 0 Å². The predicted octanol–water partition coefficient (Wildman–Crippen LogP) is 4.65. The van der Waals surface area contributed by atoms with E-state index in [1.54, 1.807) is 12.1 Å². The van der Waals surface area contributed by atoms with Crippen LogP contribution >= 0.6 is 11.6 Å². The van der Waals surface area contributed by atoms with E-state index >= 15 is 0 Å². The molecule has 0 atom stereocenters. The van der Waals surface area contributed by atoms with Crippen LogP contribution in [0.15, 0.2) is 42.5 Å². The topological polar surface area (TPSA) is 69.0 Å². The smallest absolute Gasteiger partial charge is 0.378 e. The quantitative estimate of drug-likeness (QED) is 0.647. The predicted molar refractivity (Wildman–Crippen MR) is 101 cm³/mol. The summed E-state index contributed by atoms with van der Waals surface area (Å²) in [5, 5.41) is 10.2. The van der Waals surface area contributed by atoms with Crippen LogP contribution in [0.5, 0.6) is 0 Å². The van der Waals surface area contributed by atoms with Crippen LogP contribution < -0.4 is 5.32 Å². The molecule has 1 N–H and O–H groups in total. The Bertz CT molecular complexity index is 1030. The summed E-state index contributed by atoms with van der Waals surface area (Å²) >= 11 is 5.95. The lowest BCUT2D eigenvalue weighted by Gasteiger charge is -2.12. The van der Waals surface area contributed by atoms with Crippen LogP contribution in [-0.2, 0) is 17.5 Å². The number of benzene rings is 2. The van der Waals surface area contributed by atoms with Crippen molar-refractivity contribution in [3.05, 3.63) is 70.0 Å². The van der Waals surface area contributed by atoms with Crippen LogP contribution in [0.2, 0.25) is 5.02 Å². The first-order chi connectivity index (χ1) is 13.7. The highest BCUT2D eigenvalue weighted by Gasteiger charge is 2.31. The molecule has 3 rings (SSSR count). The summed E-state index contributed by atoms with van der Waals surface area (Å²) in [6.45, 7) is 1.94. The van der Waals surface area contributed by atoms with Gasteiger partial charge in [-0.05, 0) is 37.3 Å². The molecule has 0 aliphatic heterocycles. The number of aryl methyl sites for hydroxylation is 1. The molecule has 0 saturated heterocycles. The highest BCUT2D eigenvalue weighted by molar-refractivity contribution is 6.34. The fourth-order valence-corrected chi connectivity index (χ4v) is 2.78. The van der Waals surface area contributed by atoms with Gasteiger partial charge in [-0.15, -0.1) is 5.10 Å². The van der Waals surface area contributed by atoms with E-state index < -0.39 is 17.6 Å². The minimum atomic E-state index is -4.57. The van der Waals surface area contributed by atoms with Crippen molar-refractivity contribution >= 4 is 23.2 Å². The largest absolute Gasteiger partial charge is 0.416 e. The van der Waals surface area contributed by atoms with E-state index in [9.17, 15) is 18.0 Å². The number of methoxy groups -OCH3 is 1. The second-order valence-electron chi connectivity index (χ2n) is 6.21. The van der Waals surface area contributed by atoms with Crippen LogP contribution in [0, 0.1) is 6.92 Å². The number of hydrogen-bond acceptors (Lipinski definition) is 4. The summed E-state index contributed by atoms with van der Waals surface area (Å²) in [4.78, 5) is 12.7. The van der Waals surface area contributed by atoms with E-state index in [1.165, 1.54) is 11.8 Å². The van der Waals surface area contributed by atoms with Gasteiger partial charge in [0, 0.05) is 7.11 Å². The maximum atomic E-state index is 12.9. The van der Waals surface area contributed by atoms with E-state index in [0.717, 1.165) is 23.8 Å². The van der Waals surface area contributed by atoms with Gasteiger partial charge in [0.15, 0.2) is 5.69 Å². The van der Waals surface area contributed by atoms with Crippen molar-refractivity contribution in [2.75, 3.05) is 12.4 Å². The third-order valence-corrected chi connectivity index (χ3v) is 4.41. The standard InChI is InChI=1S/C19H16ClF3N4O2/c1-11-3-6-13(7-4-11)27-16(10-29-2)17(25-26-27)18(28)24-15-9-12(19(21,22)23)5-8-14(15)20/h3-9H,10H2,1-2H3,(H,24,28). The Morgan fingerprint density at radius 2 is 1.90 bits per heavy atom. The molecule has 2 aromatic carbocycles. The molecule has 6 nitrogen and oxygen atoms in total. The Morgan fingerprint density at radius 3 is 2.52 bits per heavy atom. The number of carbonyl (C=O) groups excluding carboxylic acids is 1. The number of halogens is 4. The molecule has 3 aromatic rings. The number of alkyl halides is 3. The second-order valence-corrected chi connectivity index (χ2v) is 6.62. The first kappa shape index (κ1) is 20.8. The van der Waals surface area contributed by atoms with Gasteiger partial charge in [-0.25, -0.2) is 4.68 Å². The Kier molecular flexibility index (Phi) is 5.90. The van der Waals surface area contributed by atoms with E-state index in [-0.39, 0.29) is 23.0 Å². The number of nitrogens with one attached hydrogen (secondary N) is 1. The van der Waals surface area contributed by atoms with Gasteiger partial charge in [0.05, 0.1) is 28.6 Å². The SMILES string of the molecule is COCc1c(C(=O)Nc2cc(C(F)(F)F)ccc2Cl)nnn1-c1ccc(C)cc1. The molecule has 1 amide bonds.